The first-order chi connectivity index (χ1) is 15.6. The highest BCUT2D eigenvalue weighted by molar-refractivity contribution is 6.30. The molecule has 4 nitrogen and oxygen atoms in total. The zero-order valence-electron chi connectivity index (χ0n) is 17.9. The molecule has 0 atom stereocenters. The summed E-state index contributed by atoms with van der Waals surface area (Å²) in [5.41, 5.74) is 5.75. The Balaban J connectivity index is 1.82. The Morgan fingerprint density at radius 1 is 0.781 bits per heavy atom. The van der Waals surface area contributed by atoms with Crippen LogP contribution in [0.4, 0.5) is 0 Å². The minimum absolute atomic E-state index is 0.0728. The lowest BCUT2D eigenvalue weighted by Crippen LogP contribution is -2.05. The third-order valence-electron chi connectivity index (χ3n) is 5.40. The van der Waals surface area contributed by atoms with Gasteiger partial charge in [-0.05, 0) is 70.3 Å². The summed E-state index contributed by atoms with van der Waals surface area (Å²) in [4.78, 5) is 23.8. The van der Waals surface area contributed by atoms with Gasteiger partial charge in [-0.15, -0.1) is 0 Å². The maximum atomic E-state index is 12.7. The normalized spacial score (nSPS) is 13.4. The van der Waals surface area contributed by atoms with Crippen molar-refractivity contribution in [3.05, 3.63) is 113 Å². The molecule has 1 aliphatic rings. The molecular formula is C28H22O4. The van der Waals surface area contributed by atoms with Crippen LogP contribution in [-0.2, 0) is 4.79 Å². The Morgan fingerprint density at radius 3 is 1.91 bits per heavy atom. The molecule has 1 aliphatic carbocycles. The lowest BCUT2D eigenvalue weighted by Gasteiger charge is -2.14. The fraction of sp³-hybridized carbons (Fsp3) is 0.0714. The summed E-state index contributed by atoms with van der Waals surface area (Å²) in [6.45, 7) is 0. The third kappa shape index (κ3) is 4.30. The predicted molar refractivity (Wildman–Crippen MR) is 127 cm³/mol. The van der Waals surface area contributed by atoms with E-state index in [1.807, 2.05) is 66.7 Å². The van der Waals surface area contributed by atoms with Crippen LogP contribution in [-0.4, -0.2) is 26.3 Å². The van der Waals surface area contributed by atoms with Crippen LogP contribution in [0.1, 0.15) is 32.6 Å². The first kappa shape index (κ1) is 21.1. The molecule has 0 saturated carbocycles. The molecule has 4 rings (SSSR count). The minimum Gasteiger partial charge on any atom is -0.497 e. The lowest BCUT2D eigenvalue weighted by molar-refractivity contribution is -0.109. The second-order valence-electron chi connectivity index (χ2n) is 7.28. The van der Waals surface area contributed by atoms with Crippen LogP contribution in [0.25, 0.3) is 17.2 Å². The van der Waals surface area contributed by atoms with Gasteiger partial charge < -0.3 is 9.47 Å². The molecule has 0 fully saturated rings. The van der Waals surface area contributed by atoms with Crippen LogP contribution in [0.15, 0.2) is 85.0 Å². The van der Waals surface area contributed by atoms with Gasteiger partial charge in [-0.2, -0.15) is 0 Å². The summed E-state index contributed by atoms with van der Waals surface area (Å²) in [5, 5.41) is 0. The molecule has 0 radical (unpaired) electrons. The van der Waals surface area contributed by atoms with Crippen molar-refractivity contribution in [3.8, 4) is 11.5 Å². The molecular weight excluding hydrogens is 400 g/mol. The van der Waals surface area contributed by atoms with Gasteiger partial charge in [-0.3, -0.25) is 9.59 Å². The van der Waals surface area contributed by atoms with Crippen LogP contribution in [0.3, 0.4) is 0 Å². The van der Waals surface area contributed by atoms with Gasteiger partial charge in [0.1, 0.15) is 17.8 Å². The van der Waals surface area contributed by atoms with Crippen molar-refractivity contribution in [2.45, 2.75) is 0 Å². The van der Waals surface area contributed by atoms with Crippen molar-refractivity contribution >= 4 is 29.3 Å². The summed E-state index contributed by atoms with van der Waals surface area (Å²) < 4.78 is 10.6. The molecule has 0 aromatic heterocycles. The van der Waals surface area contributed by atoms with Crippen molar-refractivity contribution in [1.29, 1.82) is 0 Å². The van der Waals surface area contributed by atoms with E-state index in [0.717, 1.165) is 45.6 Å². The van der Waals surface area contributed by atoms with Crippen LogP contribution in [0.5, 0.6) is 11.5 Å². The maximum absolute atomic E-state index is 12.7. The van der Waals surface area contributed by atoms with Gasteiger partial charge in [0.05, 0.1) is 14.2 Å². The molecule has 0 N–H and O–H groups in total. The molecule has 0 aliphatic heterocycles. The molecule has 0 amide bonds. The first-order valence-electron chi connectivity index (χ1n) is 10.2. The van der Waals surface area contributed by atoms with E-state index in [1.54, 1.807) is 32.4 Å². The van der Waals surface area contributed by atoms with E-state index in [9.17, 15) is 9.59 Å². The van der Waals surface area contributed by atoms with Crippen molar-refractivity contribution in [3.63, 3.8) is 0 Å². The van der Waals surface area contributed by atoms with Gasteiger partial charge in [0.2, 0.25) is 0 Å². The van der Waals surface area contributed by atoms with E-state index in [1.165, 1.54) is 6.08 Å². The maximum Gasteiger partial charge on any atom is 0.186 e. The zero-order chi connectivity index (χ0) is 22.5. The molecule has 0 spiro atoms. The summed E-state index contributed by atoms with van der Waals surface area (Å²) in [6.07, 6.45) is 7.89. The SMILES string of the molecule is COc1ccc(C(=C/C=C2/C(=O)C=Cc3cc(C=O)ccc32)c2ccc(OC)cc2)cc1. The van der Waals surface area contributed by atoms with Gasteiger partial charge in [-0.1, -0.05) is 48.6 Å². The number of allylic oxidation sites excluding steroid dienone is 4. The number of hydrogen-bond acceptors (Lipinski definition) is 4. The van der Waals surface area contributed by atoms with Crippen molar-refractivity contribution in [1.82, 2.24) is 0 Å². The monoisotopic (exact) mass is 422 g/mol. The highest BCUT2D eigenvalue weighted by Gasteiger charge is 2.17. The number of ketones is 1. The highest BCUT2D eigenvalue weighted by Crippen LogP contribution is 2.31. The topological polar surface area (TPSA) is 52.6 Å². The van der Waals surface area contributed by atoms with Gasteiger partial charge >= 0.3 is 0 Å². The van der Waals surface area contributed by atoms with Crippen molar-refractivity contribution < 1.29 is 19.1 Å². The Hall–Kier alpha value is -4.18. The number of carbonyl (C=O) groups excluding carboxylic acids is 2. The lowest BCUT2D eigenvalue weighted by atomic mass is 9.89. The van der Waals surface area contributed by atoms with E-state index >= 15 is 0 Å². The number of methoxy groups -OCH3 is 2. The largest absolute Gasteiger partial charge is 0.497 e. The number of benzene rings is 3. The number of aldehydes is 1. The number of carbonyl (C=O) groups is 2. The number of rotatable bonds is 6. The van der Waals surface area contributed by atoms with Crippen LogP contribution >= 0.6 is 0 Å². The summed E-state index contributed by atoms with van der Waals surface area (Å²) >= 11 is 0. The van der Waals surface area contributed by atoms with Crippen LogP contribution in [0, 0.1) is 0 Å². The predicted octanol–water partition coefficient (Wildman–Crippen LogP) is 5.63. The highest BCUT2D eigenvalue weighted by atomic mass is 16.5. The first-order valence-corrected chi connectivity index (χ1v) is 10.2. The van der Waals surface area contributed by atoms with E-state index in [-0.39, 0.29) is 5.78 Å². The van der Waals surface area contributed by atoms with Gasteiger partial charge in [0, 0.05) is 11.1 Å². The quantitative estimate of drug-likeness (QED) is 0.382. The average molecular weight is 422 g/mol. The minimum atomic E-state index is -0.0728. The van der Waals surface area contributed by atoms with Crippen LogP contribution in [0.2, 0.25) is 0 Å². The molecule has 158 valence electrons. The standard InChI is InChI=1S/C28H22O4/c1-31-23-9-4-20(5-10-23)25(21-6-11-24(32-2)12-7-21)14-15-27-26-13-3-19(18-29)17-22(26)8-16-28(27)30/h3-18H,1-2H3/b27-15+. The Labute approximate surface area is 187 Å². The Bertz CT molecular complexity index is 1190. The Morgan fingerprint density at radius 2 is 1.38 bits per heavy atom. The molecule has 3 aromatic carbocycles. The third-order valence-corrected chi connectivity index (χ3v) is 5.40. The molecule has 0 unspecified atom stereocenters. The zero-order valence-corrected chi connectivity index (χ0v) is 17.9. The van der Waals surface area contributed by atoms with Gasteiger partial charge in [-0.25, -0.2) is 0 Å². The van der Waals surface area contributed by atoms with E-state index < -0.39 is 0 Å². The van der Waals surface area contributed by atoms with E-state index in [4.69, 9.17) is 9.47 Å². The average Bonchev–Trinajstić information content (AvgIpc) is 2.85. The Kier molecular flexibility index (Phi) is 6.13. The molecule has 32 heavy (non-hydrogen) atoms. The van der Waals surface area contributed by atoms with Crippen LogP contribution < -0.4 is 9.47 Å². The molecule has 4 heteroatoms. The number of ether oxygens (including phenoxy) is 2. The summed E-state index contributed by atoms with van der Waals surface area (Å²) in [5.74, 6) is 1.47. The van der Waals surface area contributed by atoms with Crippen molar-refractivity contribution in [2.75, 3.05) is 14.2 Å². The molecule has 0 bridgehead atoms. The molecule has 3 aromatic rings. The van der Waals surface area contributed by atoms with Gasteiger partial charge in [0.25, 0.3) is 0 Å². The summed E-state index contributed by atoms with van der Waals surface area (Å²) in [6, 6.07) is 20.9. The van der Waals surface area contributed by atoms with Crippen molar-refractivity contribution in [2.24, 2.45) is 0 Å². The number of hydrogen-bond donors (Lipinski definition) is 0. The second-order valence-corrected chi connectivity index (χ2v) is 7.28. The second kappa shape index (κ2) is 9.31. The van der Waals surface area contributed by atoms with E-state index in [0.29, 0.717) is 11.1 Å². The fourth-order valence-electron chi connectivity index (χ4n) is 3.66. The van der Waals surface area contributed by atoms with Gasteiger partial charge in [0.15, 0.2) is 5.78 Å². The molecule has 0 saturated heterocycles. The smallest absolute Gasteiger partial charge is 0.186 e. The number of fused-ring (bicyclic) bond motifs is 1. The fourth-order valence-corrected chi connectivity index (χ4v) is 3.66. The molecule has 0 heterocycles. The van der Waals surface area contributed by atoms with E-state index in [2.05, 4.69) is 0 Å². The summed E-state index contributed by atoms with van der Waals surface area (Å²) in [7, 11) is 3.27.